The quantitative estimate of drug-likeness (QED) is 0.539. The maximum absolute atomic E-state index is 8.20. The molecule has 0 saturated carbocycles. The summed E-state index contributed by atoms with van der Waals surface area (Å²) in [6.45, 7) is 0. The van der Waals surface area contributed by atoms with Crippen LogP contribution in [0, 0.1) is 0 Å². The molecule has 5 heteroatoms. The molecule has 9 heavy (non-hydrogen) atoms. The highest BCUT2D eigenvalue weighted by Crippen LogP contribution is 1.84. The summed E-state index contributed by atoms with van der Waals surface area (Å²) in [7, 11) is 0. The van der Waals surface area contributed by atoms with Gasteiger partial charge >= 0.3 is 0 Å². The van der Waals surface area contributed by atoms with Crippen LogP contribution >= 0.6 is 0 Å². The number of nitrogens with one attached hydrogen (secondary N) is 1. The molecule has 0 aliphatic heterocycles. The number of aromatic amines is 1. The van der Waals surface area contributed by atoms with E-state index in [1.165, 1.54) is 0 Å². The van der Waals surface area contributed by atoms with E-state index in [1.807, 2.05) is 0 Å². The van der Waals surface area contributed by atoms with Gasteiger partial charge in [-0.25, -0.2) is 5.10 Å². The van der Waals surface area contributed by atoms with Crippen LogP contribution in [-0.4, -0.2) is 25.7 Å². The number of rotatable bonds is 2. The Morgan fingerprint density at radius 1 is 1.67 bits per heavy atom. The molecule has 2 N–H and O–H groups in total. The first-order valence-corrected chi connectivity index (χ1v) is 2.45. The highest BCUT2D eigenvalue weighted by atomic mass is 16.2. The van der Waals surface area contributed by atoms with Gasteiger partial charge in [-0.15, -0.1) is 5.10 Å². The molecule has 0 spiro atoms. The Labute approximate surface area is 51.4 Å². The second kappa shape index (κ2) is 2.81. The number of H-pyrrole nitrogens is 1. The van der Waals surface area contributed by atoms with E-state index in [1.54, 1.807) is 6.08 Å². The second-order valence-corrected chi connectivity index (χ2v) is 1.44. The van der Waals surface area contributed by atoms with Gasteiger partial charge in [-0.1, -0.05) is 0 Å². The van der Waals surface area contributed by atoms with E-state index in [0.29, 0.717) is 12.2 Å². The molecule has 0 amide bonds. The molecule has 0 saturated heterocycles. The van der Waals surface area contributed by atoms with E-state index in [9.17, 15) is 0 Å². The van der Waals surface area contributed by atoms with Crippen molar-refractivity contribution in [3.05, 3.63) is 18.2 Å². The zero-order chi connectivity index (χ0) is 6.53. The van der Waals surface area contributed by atoms with E-state index in [4.69, 9.17) is 5.11 Å². The van der Waals surface area contributed by atoms with Crippen LogP contribution in [0.3, 0.4) is 0 Å². The first kappa shape index (κ1) is 5.74. The molecule has 0 aliphatic carbocycles. The number of aromatic nitrogens is 4. The molecule has 0 atom stereocenters. The van der Waals surface area contributed by atoms with Gasteiger partial charge in [-0.05, 0) is 16.5 Å². The van der Waals surface area contributed by atoms with Gasteiger partial charge in [0.15, 0.2) is 5.82 Å². The third kappa shape index (κ3) is 1.52. The zero-order valence-electron chi connectivity index (χ0n) is 4.65. The normalized spacial score (nSPS) is 10.7. The Bertz CT molecular complexity index is 180. The van der Waals surface area contributed by atoms with Crippen molar-refractivity contribution >= 4 is 0 Å². The number of hydrogen-bond donors (Lipinski definition) is 2. The smallest absolute Gasteiger partial charge is 0.152 e. The third-order valence-corrected chi connectivity index (χ3v) is 0.806. The predicted octanol–water partition coefficient (Wildman–Crippen LogP) is -0.186. The van der Waals surface area contributed by atoms with Crippen LogP contribution in [0.2, 0.25) is 0 Å². The number of nitrogens with zero attached hydrogens (tertiary/aromatic N) is 3. The molecule has 1 heterocycles. The largest absolute Gasteiger partial charge is 0.516 e. The van der Waals surface area contributed by atoms with Crippen molar-refractivity contribution in [2.45, 2.75) is 6.42 Å². The lowest BCUT2D eigenvalue weighted by Gasteiger charge is -1.79. The van der Waals surface area contributed by atoms with Gasteiger partial charge in [0.25, 0.3) is 0 Å². The molecule has 0 bridgehead atoms. The average Bonchev–Trinajstić information content (AvgIpc) is 2.34. The lowest BCUT2D eigenvalue weighted by molar-refractivity contribution is 0.471. The molecule has 0 aliphatic rings. The van der Waals surface area contributed by atoms with E-state index in [-0.39, 0.29) is 0 Å². The van der Waals surface area contributed by atoms with Crippen LogP contribution in [0.25, 0.3) is 0 Å². The Kier molecular flexibility index (Phi) is 1.79. The summed E-state index contributed by atoms with van der Waals surface area (Å²) in [6.07, 6.45) is 3.04. The van der Waals surface area contributed by atoms with Crippen molar-refractivity contribution in [1.29, 1.82) is 0 Å². The summed E-state index contributed by atoms with van der Waals surface area (Å²) in [5.74, 6) is 0.639. The summed E-state index contributed by atoms with van der Waals surface area (Å²) >= 11 is 0. The Morgan fingerprint density at radius 3 is 3.11 bits per heavy atom. The number of allylic oxidation sites excluding steroid dienone is 1. The van der Waals surface area contributed by atoms with E-state index in [0.717, 1.165) is 6.26 Å². The van der Waals surface area contributed by atoms with Crippen LogP contribution < -0.4 is 0 Å². The molecule has 0 radical (unpaired) electrons. The highest BCUT2D eigenvalue weighted by Gasteiger charge is 1.89. The number of tetrazole rings is 1. The van der Waals surface area contributed by atoms with E-state index in [2.05, 4.69) is 20.6 Å². The summed E-state index contributed by atoms with van der Waals surface area (Å²) < 4.78 is 0. The Hall–Kier alpha value is -1.39. The lowest BCUT2D eigenvalue weighted by Crippen LogP contribution is -1.83. The standard InChI is InChI=1S/C4H6N4O/c9-3-1-2-4-5-7-8-6-4/h1,3,9H,2H2,(H,5,6,7,8). The molecule has 0 fully saturated rings. The summed E-state index contributed by atoms with van der Waals surface area (Å²) in [6, 6.07) is 0. The number of aliphatic hydroxyl groups is 1. The molecule has 0 unspecified atom stereocenters. The highest BCUT2D eigenvalue weighted by molar-refractivity contribution is 4.87. The van der Waals surface area contributed by atoms with Gasteiger partial charge in [-0.3, -0.25) is 0 Å². The summed E-state index contributed by atoms with van der Waals surface area (Å²) in [5.41, 5.74) is 0. The average molecular weight is 126 g/mol. The molecular weight excluding hydrogens is 120 g/mol. The fourth-order valence-electron chi connectivity index (χ4n) is 0.430. The second-order valence-electron chi connectivity index (χ2n) is 1.44. The fourth-order valence-corrected chi connectivity index (χ4v) is 0.430. The maximum Gasteiger partial charge on any atom is 0.152 e. The maximum atomic E-state index is 8.20. The van der Waals surface area contributed by atoms with Crippen LogP contribution in [0.1, 0.15) is 5.82 Å². The molecule has 1 aromatic heterocycles. The third-order valence-electron chi connectivity index (χ3n) is 0.806. The lowest BCUT2D eigenvalue weighted by atomic mass is 10.4. The minimum Gasteiger partial charge on any atom is -0.516 e. The number of hydrogen-bond acceptors (Lipinski definition) is 4. The molecular formula is C4H6N4O. The van der Waals surface area contributed by atoms with Crippen LogP contribution in [0.5, 0.6) is 0 Å². The minimum absolute atomic E-state index is 0.531. The molecule has 0 aromatic carbocycles. The first-order chi connectivity index (χ1) is 4.43. The first-order valence-electron chi connectivity index (χ1n) is 2.45. The monoisotopic (exact) mass is 126 g/mol. The predicted molar refractivity (Wildman–Crippen MR) is 29.7 cm³/mol. The SMILES string of the molecule is OC=CCc1nnn[nH]1. The molecule has 5 nitrogen and oxygen atoms in total. The van der Waals surface area contributed by atoms with Gasteiger partial charge in [0.1, 0.15) is 0 Å². The Balaban J connectivity index is 2.48. The van der Waals surface area contributed by atoms with Crippen molar-refractivity contribution in [2.24, 2.45) is 0 Å². The topological polar surface area (TPSA) is 74.7 Å². The summed E-state index contributed by atoms with van der Waals surface area (Å²) in [5, 5.41) is 21.0. The van der Waals surface area contributed by atoms with Gasteiger partial charge in [-0.2, -0.15) is 0 Å². The van der Waals surface area contributed by atoms with Gasteiger partial charge in [0, 0.05) is 6.42 Å². The molecule has 48 valence electrons. The van der Waals surface area contributed by atoms with Crippen LogP contribution in [0.4, 0.5) is 0 Å². The fraction of sp³-hybridized carbons (Fsp3) is 0.250. The van der Waals surface area contributed by atoms with Crippen LogP contribution in [-0.2, 0) is 6.42 Å². The molecule has 1 rings (SSSR count). The van der Waals surface area contributed by atoms with Crippen LogP contribution in [0.15, 0.2) is 12.3 Å². The summed E-state index contributed by atoms with van der Waals surface area (Å²) in [4.78, 5) is 0. The van der Waals surface area contributed by atoms with Crippen molar-refractivity contribution in [2.75, 3.05) is 0 Å². The van der Waals surface area contributed by atoms with E-state index < -0.39 is 0 Å². The van der Waals surface area contributed by atoms with Gasteiger partial charge < -0.3 is 5.11 Å². The van der Waals surface area contributed by atoms with Crippen molar-refractivity contribution in [3.63, 3.8) is 0 Å². The zero-order valence-corrected chi connectivity index (χ0v) is 4.65. The number of aliphatic hydroxyl groups excluding tert-OH is 1. The van der Waals surface area contributed by atoms with Crippen molar-refractivity contribution < 1.29 is 5.11 Å². The van der Waals surface area contributed by atoms with Crippen molar-refractivity contribution in [1.82, 2.24) is 20.6 Å². The van der Waals surface area contributed by atoms with Crippen molar-refractivity contribution in [3.8, 4) is 0 Å². The molecule has 1 aromatic rings. The Morgan fingerprint density at radius 2 is 2.56 bits per heavy atom. The minimum atomic E-state index is 0.531. The van der Waals surface area contributed by atoms with E-state index >= 15 is 0 Å². The van der Waals surface area contributed by atoms with Gasteiger partial charge in [0.2, 0.25) is 0 Å². The van der Waals surface area contributed by atoms with Gasteiger partial charge in [0.05, 0.1) is 6.26 Å².